The molecule has 0 saturated carbocycles. The highest BCUT2D eigenvalue weighted by Gasteiger charge is 2.48. The molecule has 2 heterocycles. The predicted octanol–water partition coefficient (Wildman–Crippen LogP) is 4.63. The first-order valence-corrected chi connectivity index (χ1v) is 11.1. The molecule has 1 aliphatic rings. The van der Waals surface area contributed by atoms with Crippen molar-refractivity contribution in [1.29, 1.82) is 0 Å². The Balaban J connectivity index is 1.87. The van der Waals surface area contributed by atoms with E-state index in [1.807, 2.05) is 19.1 Å². The number of carbonyl (C=O) groups is 2. The molecule has 0 radical (unpaired) electrons. The van der Waals surface area contributed by atoms with E-state index < -0.39 is 17.7 Å². The maximum absolute atomic E-state index is 13.0. The molecule has 0 aliphatic carbocycles. The first-order chi connectivity index (χ1) is 14.9. The van der Waals surface area contributed by atoms with Crippen LogP contribution in [0.5, 0.6) is 5.75 Å². The van der Waals surface area contributed by atoms with Gasteiger partial charge in [0.05, 0.1) is 18.2 Å². The highest BCUT2D eigenvalue weighted by Crippen LogP contribution is 2.43. The SMILES string of the molecule is CCOc1ccc(/C(O)=C2/C(=O)C(=O)N(c3nnc(C)s3)C2c2ccc(Br)cc2)cc1. The Kier molecular flexibility index (Phi) is 5.88. The fourth-order valence-corrected chi connectivity index (χ4v) is 4.38. The third kappa shape index (κ3) is 3.98. The molecule has 0 spiro atoms. The van der Waals surface area contributed by atoms with E-state index in [1.165, 1.54) is 16.2 Å². The number of aryl methyl sites for hydroxylation is 1. The Morgan fingerprint density at radius 2 is 1.81 bits per heavy atom. The van der Waals surface area contributed by atoms with Gasteiger partial charge in [-0.15, -0.1) is 10.2 Å². The van der Waals surface area contributed by atoms with Crippen LogP contribution in [0.1, 0.15) is 29.1 Å². The summed E-state index contributed by atoms with van der Waals surface area (Å²) in [6.45, 7) is 4.16. The second kappa shape index (κ2) is 8.60. The van der Waals surface area contributed by atoms with E-state index >= 15 is 0 Å². The predicted molar refractivity (Wildman–Crippen MR) is 121 cm³/mol. The van der Waals surface area contributed by atoms with Gasteiger partial charge in [0.15, 0.2) is 0 Å². The largest absolute Gasteiger partial charge is 0.507 e. The zero-order valence-corrected chi connectivity index (χ0v) is 19.1. The molecule has 158 valence electrons. The van der Waals surface area contributed by atoms with Crippen molar-refractivity contribution < 1.29 is 19.4 Å². The molecular formula is C22H18BrN3O4S. The van der Waals surface area contributed by atoms with Crippen molar-refractivity contribution in [2.45, 2.75) is 19.9 Å². The van der Waals surface area contributed by atoms with Gasteiger partial charge in [-0.25, -0.2) is 0 Å². The van der Waals surface area contributed by atoms with Crippen molar-refractivity contribution in [2.75, 3.05) is 11.5 Å². The van der Waals surface area contributed by atoms with E-state index in [1.54, 1.807) is 43.3 Å². The number of benzene rings is 2. The molecule has 31 heavy (non-hydrogen) atoms. The Labute approximate surface area is 191 Å². The van der Waals surface area contributed by atoms with Gasteiger partial charge in [-0.1, -0.05) is 39.4 Å². The van der Waals surface area contributed by atoms with Crippen LogP contribution in [0.3, 0.4) is 0 Å². The van der Waals surface area contributed by atoms with Crippen molar-refractivity contribution in [3.63, 3.8) is 0 Å². The standard InChI is InChI=1S/C22H18BrN3O4S/c1-3-30-16-10-6-14(7-11-16)19(27)17-18(13-4-8-15(23)9-5-13)26(21(29)20(17)28)22-25-24-12(2)31-22/h4-11,18,27H,3H2,1-2H3/b19-17-. The van der Waals surface area contributed by atoms with E-state index in [4.69, 9.17) is 4.74 Å². The molecular weight excluding hydrogens is 482 g/mol. The van der Waals surface area contributed by atoms with Crippen LogP contribution in [0.4, 0.5) is 5.13 Å². The molecule has 1 N–H and O–H groups in total. The summed E-state index contributed by atoms with van der Waals surface area (Å²) in [5.41, 5.74) is 1.09. The maximum atomic E-state index is 13.0. The topological polar surface area (TPSA) is 92.6 Å². The van der Waals surface area contributed by atoms with E-state index in [-0.39, 0.29) is 11.3 Å². The van der Waals surface area contributed by atoms with E-state index in [2.05, 4.69) is 26.1 Å². The number of aliphatic hydroxyl groups excluding tert-OH is 1. The van der Waals surface area contributed by atoms with Gasteiger partial charge in [0.25, 0.3) is 5.78 Å². The number of ether oxygens (including phenoxy) is 1. The van der Waals surface area contributed by atoms with E-state index in [0.29, 0.717) is 33.6 Å². The quantitative estimate of drug-likeness (QED) is 0.312. The van der Waals surface area contributed by atoms with Crippen LogP contribution in [0.15, 0.2) is 58.6 Å². The molecule has 9 heteroatoms. The summed E-state index contributed by atoms with van der Waals surface area (Å²) in [6.07, 6.45) is 0. The number of nitrogens with zero attached hydrogens (tertiary/aromatic N) is 3. The van der Waals surface area contributed by atoms with Gasteiger partial charge >= 0.3 is 5.91 Å². The summed E-state index contributed by atoms with van der Waals surface area (Å²) in [7, 11) is 0. The van der Waals surface area contributed by atoms with Crippen LogP contribution >= 0.6 is 27.3 Å². The summed E-state index contributed by atoms with van der Waals surface area (Å²) in [5.74, 6) is -1.13. The van der Waals surface area contributed by atoms with Crippen molar-refractivity contribution >= 4 is 49.8 Å². The number of hydrogen-bond acceptors (Lipinski definition) is 7. The zero-order valence-electron chi connectivity index (χ0n) is 16.7. The van der Waals surface area contributed by atoms with Gasteiger partial charge in [0.2, 0.25) is 5.13 Å². The molecule has 1 aromatic heterocycles. The molecule has 3 aromatic rings. The highest BCUT2D eigenvalue weighted by atomic mass is 79.9. The number of carbonyl (C=O) groups excluding carboxylic acids is 2. The number of halogens is 1. The number of aromatic nitrogens is 2. The Morgan fingerprint density at radius 3 is 2.39 bits per heavy atom. The lowest BCUT2D eigenvalue weighted by Gasteiger charge is -2.22. The van der Waals surface area contributed by atoms with Crippen LogP contribution in [0.2, 0.25) is 0 Å². The monoisotopic (exact) mass is 499 g/mol. The molecule has 1 aliphatic heterocycles. The third-order valence-electron chi connectivity index (χ3n) is 4.79. The summed E-state index contributed by atoms with van der Waals surface area (Å²) < 4.78 is 6.29. The van der Waals surface area contributed by atoms with E-state index in [9.17, 15) is 14.7 Å². The lowest BCUT2D eigenvalue weighted by atomic mass is 9.95. The fraction of sp³-hybridized carbons (Fsp3) is 0.182. The van der Waals surface area contributed by atoms with Crippen molar-refractivity contribution in [1.82, 2.24) is 10.2 Å². The Bertz CT molecular complexity index is 1170. The molecule has 4 rings (SSSR count). The average Bonchev–Trinajstić information content (AvgIpc) is 3.30. The highest BCUT2D eigenvalue weighted by molar-refractivity contribution is 9.10. The summed E-state index contributed by atoms with van der Waals surface area (Å²) >= 11 is 4.61. The minimum atomic E-state index is -0.827. The van der Waals surface area contributed by atoms with Crippen molar-refractivity contribution in [2.24, 2.45) is 0 Å². The normalized spacial score (nSPS) is 17.9. The van der Waals surface area contributed by atoms with E-state index in [0.717, 1.165) is 4.47 Å². The first-order valence-electron chi connectivity index (χ1n) is 9.50. The molecule has 1 unspecified atom stereocenters. The van der Waals surface area contributed by atoms with Crippen LogP contribution in [-0.2, 0) is 9.59 Å². The number of hydrogen-bond donors (Lipinski definition) is 1. The van der Waals surface area contributed by atoms with Crippen molar-refractivity contribution in [3.8, 4) is 5.75 Å². The number of anilines is 1. The van der Waals surface area contributed by atoms with Crippen molar-refractivity contribution in [3.05, 3.63) is 74.7 Å². The number of amides is 1. The molecule has 2 aromatic carbocycles. The molecule has 1 fully saturated rings. The number of aliphatic hydroxyl groups is 1. The summed E-state index contributed by atoms with van der Waals surface area (Å²) in [4.78, 5) is 27.3. The Morgan fingerprint density at radius 1 is 1.13 bits per heavy atom. The zero-order chi connectivity index (χ0) is 22.1. The maximum Gasteiger partial charge on any atom is 0.301 e. The number of Topliss-reactive ketones (excluding diaryl/α,β-unsaturated/α-hetero) is 1. The van der Waals surface area contributed by atoms with Crippen LogP contribution < -0.4 is 9.64 Å². The first kappa shape index (κ1) is 21.2. The minimum Gasteiger partial charge on any atom is -0.507 e. The molecule has 1 saturated heterocycles. The van der Waals surface area contributed by atoms with Gasteiger partial charge < -0.3 is 9.84 Å². The van der Waals surface area contributed by atoms with Gasteiger partial charge in [0, 0.05) is 10.0 Å². The van der Waals surface area contributed by atoms with Crippen LogP contribution in [-0.4, -0.2) is 33.6 Å². The second-order valence-corrected chi connectivity index (χ2v) is 8.86. The minimum absolute atomic E-state index is 0.00401. The second-order valence-electron chi connectivity index (χ2n) is 6.78. The molecule has 7 nitrogen and oxygen atoms in total. The average molecular weight is 500 g/mol. The van der Waals surface area contributed by atoms with Gasteiger partial charge in [-0.3, -0.25) is 14.5 Å². The number of ketones is 1. The molecule has 0 bridgehead atoms. The van der Waals surface area contributed by atoms with Crippen LogP contribution in [0.25, 0.3) is 5.76 Å². The van der Waals surface area contributed by atoms with Gasteiger partial charge in [0.1, 0.15) is 16.5 Å². The number of rotatable bonds is 5. The fourth-order valence-electron chi connectivity index (χ4n) is 3.40. The third-order valence-corrected chi connectivity index (χ3v) is 6.16. The van der Waals surface area contributed by atoms with Crippen LogP contribution in [0, 0.1) is 6.92 Å². The molecule has 1 atom stereocenters. The lowest BCUT2D eigenvalue weighted by Crippen LogP contribution is -2.29. The smallest absolute Gasteiger partial charge is 0.301 e. The summed E-state index contributed by atoms with van der Waals surface area (Å²) in [5, 5.41) is 20.1. The Hall–Kier alpha value is -3.04. The summed E-state index contributed by atoms with van der Waals surface area (Å²) in [6, 6.07) is 13.1. The lowest BCUT2D eigenvalue weighted by molar-refractivity contribution is -0.132. The van der Waals surface area contributed by atoms with Gasteiger partial charge in [-0.2, -0.15) is 0 Å². The molecule has 1 amide bonds. The van der Waals surface area contributed by atoms with Gasteiger partial charge in [-0.05, 0) is 55.8 Å².